The van der Waals surface area contributed by atoms with Gasteiger partial charge < -0.3 is 11.1 Å². The van der Waals surface area contributed by atoms with Gasteiger partial charge in [-0.15, -0.1) is 0 Å². The molecule has 0 spiro atoms. The lowest BCUT2D eigenvalue weighted by Crippen LogP contribution is -2.15. The fourth-order valence-corrected chi connectivity index (χ4v) is 4.14. The van der Waals surface area contributed by atoms with Crippen LogP contribution in [-0.4, -0.2) is 31.2 Å². The van der Waals surface area contributed by atoms with Crippen LogP contribution in [0.15, 0.2) is 24.5 Å². The third-order valence-electron chi connectivity index (χ3n) is 4.68. The highest BCUT2D eigenvalue weighted by Gasteiger charge is 2.17. The van der Waals surface area contributed by atoms with Crippen LogP contribution in [0, 0.1) is 19.7 Å². The average molecular weight is 412 g/mol. The summed E-state index contributed by atoms with van der Waals surface area (Å²) in [4.78, 5) is 36.6. The standard InChI is InChI=1S/C19H17FN6O2S/c1-9-12(10(2)26-8-22-16(17(21)28)18(26)23-9)4-6-15(27)25-19-24-13-5-3-11(20)7-14(13)29-19/h3,5,7-8H,4,6H2,1-2H3,(H2,21,28)(H,24,25,27). The van der Waals surface area contributed by atoms with Gasteiger partial charge in [0.2, 0.25) is 5.91 Å². The maximum Gasteiger partial charge on any atom is 0.271 e. The van der Waals surface area contributed by atoms with Crippen LogP contribution < -0.4 is 11.1 Å². The molecule has 3 heterocycles. The molecule has 4 rings (SSSR count). The zero-order valence-corrected chi connectivity index (χ0v) is 16.5. The summed E-state index contributed by atoms with van der Waals surface area (Å²) in [5.41, 5.74) is 8.95. The van der Waals surface area contributed by atoms with Gasteiger partial charge in [-0.2, -0.15) is 0 Å². The minimum Gasteiger partial charge on any atom is -0.364 e. The minimum absolute atomic E-state index is 0.118. The molecule has 0 saturated carbocycles. The SMILES string of the molecule is Cc1nc2c(C(N)=O)ncn2c(C)c1CCC(=O)Nc1nc2ccc(F)cc2s1. The number of fused-ring (bicyclic) bond motifs is 2. The first-order valence-electron chi connectivity index (χ1n) is 8.82. The number of carbonyl (C=O) groups excluding carboxylic acids is 2. The van der Waals surface area contributed by atoms with Crippen molar-refractivity contribution in [2.75, 3.05) is 5.32 Å². The van der Waals surface area contributed by atoms with Crippen molar-refractivity contribution in [3.8, 4) is 0 Å². The maximum atomic E-state index is 13.3. The molecule has 0 bridgehead atoms. The van der Waals surface area contributed by atoms with Crippen molar-refractivity contribution < 1.29 is 14.0 Å². The Morgan fingerprint density at radius 1 is 1.28 bits per heavy atom. The lowest BCUT2D eigenvalue weighted by atomic mass is 10.1. The Bertz CT molecular complexity index is 1280. The van der Waals surface area contributed by atoms with Crippen LogP contribution in [0.2, 0.25) is 0 Å². The predicted molar refractivity (Wildman–Crippen MR) is 108 cm³/mol. The number of thiazole rings is 1. The second kappa shape index (κ2) is 7.21. The van der Waals surface area contributed by atoms with E-state index in [1.807, 2.05) is 13.8 Å². The number of primary amides is 1. The fourth-order valence-electron chi connectivity index (χ4n) is 3.24. The van der Waals surface area contributed by atoms with Gasteiger partial charge in [0.15, 0.2) is 16.5 Å². The zero-order valence-electron chi connectivity index (χ0n) is 15.7. The number of nitrogens with two attached hydrogens (primary N) is 1. The van der Waals surface area contributed by atoms with Gasteiger partial charge in [-0.25, -0.2) is 19.3 Å². The van der Waals surface area contributed by atoms with Crippen LogP contribution >= 0.6 is 11.3 Å². The molecule has 10 heteroatoms. The number of anilines is 1. The molecule has 29 heavy (non-hydrogen) atoms. The molecule has 0 atom stereocenters. The van der Waals surface area contributed by atoms with Crippen LogP contribution in [0.1, 0.15) is 33.9 Å². The quantitative estimate of drug-likeness (QED) is 0.523. The van der Waals surface area contributed by atoms with E-state index in [0.717, 1.165) is 11.3 Å². The Balaban J connectivity index is 1.51. The Morgan fingerprint density at radius 3 is 2.83 bits per heavy atom. The molecule has 0 aliphatic rings. The number of nitrogens with one attached hydrogen (secondary N) is 1. The van der Waals surface area contributed by atoms with Gasteiger partial charge in [0.05, 0.1) is 10.2 Å². The van der Waals surface area contributed by atoms with Crippen molar-refractivity contribution in [1.29, 1.82) is 0 Å². The summed E-state index contributed by atoms with van der Waals surface area (Å²) in [5.74, 6) is -1.18. The molecule has 0 fully saturated rings. The number of carbonyl (C=O) groups is 2. The third kappa shape index (κ3) is 3.54. The van der Waals surface area contributed by atoms with E-state index in [-0.39, 0.29) is 23.8 Å². The Hall–Kier alpha value is -3.40. The minimum atomic E-state index is -0.637. The molecule has 148 valence electrons. The number of hydrogen-bond donors (Lipinski definition) is 2. The number of aromatic nitrogens is 4. The molecule has 8 nitrogen and oxygen atoms in total. The monoisotopic (exact) mass is 412 g/mol. The average Bonchev–Trinajstić information content (AvgIpc) is 3.24. The first-order valence-corrected chi connectivity index (χ1v) is 9.64. The summed E-state index contributed by atoms with van der Waals surface area (Å²) < 4.78 is 15.7. The van der Waals surface area contributed by atoms with Gasteiger partial charge in [0.1, 0.15) is 12.1 Å². The summed E-state index contributed by atoms with van der Waals surface area (Å²) in [5, 5.41) is 3.19. The number of amides is 2. The second-order valence-corrected chi connectivity index (χ2v) is 7.62. The molecule has 3 aromatic heterocycles. The van der Waals surface area contributed by atoms with Crippen molar-refractivity contribution in [1.82, 2.24) is 19.4 Å². The number of hydrogen-bond acceptors (Lipinski definition) is 6. The van der Waals surface area contributed by atoms with E-state index in [2.05, 4.69) is 20.3 Å². The molecule has 0 unspecified atom stereocenters. The highest BCUT2D eigenvalue weighted by Crippen LogP contribution is 2.26. The summed E-state index contributed by atoms with van der Waals surface area (Å²) >= 11 is 1.22. The second-order valence-electron chi connectivity index (χ2n) is 6.59. The highest BCUT2D eigenvalue weighted by atomic mass is 32.1. The van der Waals surface area contributed by atoms with Crippen molar-refractivity contribution in [3.05, 3.63) is 53.0 Å². The van der Waals surface area contributed by atoms with Crippen molar-refractivity contribution in [2.45, 2.75) is 26.7 Å². The molecule has 1 aromatic carbocycles. The lowest BCUT2D eigenvalue weighted by molar-refractivity contribution is -0.116. The number of halogens is 1. The van der Waals surface area contributed by atoms with E-state index in [9.17, 15) is 14.0 Å². The van der Waals surface area contributed by atoms with E-state index in [4.69, 9.17) is 5.73 Å². The third-order valence-corrected chi connectivity index (χ3v) is 5.62. The van der Waals surface area contributed by atoms with Crippen molar-refractivity contribution >= 4 is 44.1 Å². The first kappa shape index (κ1) is 18.9. The normalized spacial score (nSPS) is 11.3. The van der Waals surface area contributed by atoms with Gasteiger partial charge in [0, 0.05) is 17.8 Å². The van der Waals surface area contributed by atoms with Crippen LogP contribution in [0.5, 0.6) is 0 Å². The molecular formula is C19H17FN6O2S. The smallest absolute Gasteiger partial charge is 0.271 e. The van der Waals surface area contributed by atoms with Gasteiger partial charge in [0.25, 0.3) is 5.91 Å². The van der Waals surface area contributed by atoms with Crippen LogP contribution in [0.25, 0.3) is 15.9 Å². The Morgan fingerprint density at radius 2 is 2.07 bits per heavy atom. The van der Waals surface area contributed by atoms with Gasteiger partial charge in [-0.1, -0.05) is 11.3 Å². The molecule has 4 aromatic rings. The Labute approximate surface area is 168 Å². The number of nitrogens with zero attached hydrogens (tertiary/aromatic N) is 4. The molecule has 0 aliphatic heterocycles. The largest absolute Gasteiger partial charge is 0.364 e. The van der Waals surface area contributed by atoms with Crippen molar-refractivity contribution in [3.63, 3.8) is 0 Å². The van der Waals surface area contributed by atoms with E-state index in [1.165, 1.54) is 29.8 Å². The van der Waals surface area contributed by atoms with E-state index in [1.54, 1.807) is 10.5 Å². The van der Waals surface area contributed by atoms with Crippen molar-refractivity contribution in [2.24, 2.45) is 5.73 Å². The fraction of sp³-hybridized carbons (Fsp3) is 0.211. The topological polar surface area (TPSA) is 115 Å². The van der Waals surface area contributed by atoms with E-state index < -0.39 is 5.91 Å². The molecule has 0 aliphatic carbocycles. The van der Waals surface area contributed by atoms with Gasteiger partial charge in [-0.3, -0.25) is 14.0 Å². The zero-order chi connectivity index (χ0) is 20.7. The summed E-state index contributed by atoms with van der Waals surface area (Å²) in [6.45, 7) is 3.70. The lowest BCUT2D eigenvalue weighted by Gasteiger charge is -2.11. The number of aryl methyl sites for hydroxylation is 2. The number of rotatable bonds is 5. The summed E-state index contributed by atoms with van der Waals surface area (Å²) in [6.07, 6.45) is 2.17. The summed E-state index contributed by atoms with van der Waals surface area (Å²) in [6, 6.07) is 4.31. The number of benzene rings is 1. The Kier molecular flexibility index (Phi) is 4.71. The predicted octanol–water partition coefficient (Wildman–Crippen LogP) is 2.77. The molecule has 0 radical (unpaired) electrons. The van der Waals surface area contributed by atoms with E-state index >= 15 is 0 Å². The van der Waals surface area contributed by atoms with E-state index in [0.29, 0.717) is 33.1 Å². The van der Waals surface area contributed by atoms with Gasteiger partial charge >= 0.3 is 0 Å². The molecule has 3 N–H and O–H groups in total. The maximum absolute atomic E-state index is 13.3. The van der Waals surface area contributed by atoms with Crippen LogP contribution in [-0.2, 0) is 11.2 Å². The molecule has 0 saturated heterocycles. The molecule has 2 amide bonds. The first-order chi connectivity index (χ1) is 13.8. The molecular weight excluding hydrogens is 395 g/mol. The highest BCUT2D eigenvalue weighted by molar-refractivity contribution is 7.22. The van der Waals surface area contributed by atoms with Gasteiger partial charge in [-0.05, 0) is 44.0 Å². The summed E-state index contributed by atoms with van der Waals surface area (Å²) in [7, 11) is 0. The van der Waals surface area contributed by atoms with Crippen LogP contribution in [0.4, 0.5) is 9.52 Å². The van der Waals surface area contributed by atoms with Crippen LogP contribution in [0.3, 0.4) is 0 Å². The number of imidazole rings is 1.